The summed E-state index contributed by atoms with van der Waals surface area (Å²) in [6, 6.07) is 4.17. The van der Waals surface area contributed by atoms with E-state index in [1.165, 1.54) is 5.56 Å². The fraction of sp³-hybridized carbons (Fsp3) is 0.538. The first kappa shape index (κ1) is 12.6. The SMILES string of the molecule is CNC1CS(=O)(=O)C1c1c(C)cc(C)cc1C. The molecule has 1 N–H and O–H groups in total. The molecule has 1 aliphatic heterocycles. The number of aryl methyl sites for hydroxylation is 3. The maximum atomic E-state index is 11.9. The molecule has 2 rings (SSSR count). The molecule has 0 aliphatic carbocycles. The number of rotatable bonds is 2. The molecule has 0 radical (unpaired) electrons. The van der Waals surface area contributed by atoms with Crippen LogP contribution in [0.25, 0.3) is 0 Å². The van der Waals surface area contributed by atoms with Crippen molar-refractivity contribution in [2.75, 3.05) is 12.8 Å². The number of hydrogen-bond acceptors (Lipinski definition) is 3. The fourth-order valence-electron chi connectivity index (χ4n) is 2.82. The summed E-state index contributed by atoms with van der Waals surface area (Å²) < 4.78 is 23.9. The molecule has 0 spiro atoms. The number of hydrogen-bond donors (Lipinski definition) is 1. The highest BCUT2D eigenvalue weighted by Crippen LogP contribution is 2.40. The zero-order valence-corrected chi connectivity index (χ0v) is 11.6. The number of likely N-dealkylation sites (N-methyl/N-ethyl adjacent to an activating group) is 1. The molecule has 0 bridgehead atoms. The third-order valence-corrected chi connectivity index (χ3v) is 5.72. The predicted octanol–water partition coefficient (Wildman–Crippen LogP) is 1.67. The Labute approximate surface area is 103 Å². The van der Waals surface area contributed by atoms with Crippen molar-refractivity contribution in [3.05, 3.63) is 34.4 Å². The van der Waals surface area contributed by atoms with Gasteiger partial charge in [0.05, 0.1) is 5.75 Å². The van der Waals surface area contributed by atoms with Crippen LogP contribution in [0.1, 0.15) is 27.5 Å². The van der Waals surface area contributed by atoms with Crippen LogP contribution >= 0.6 is 0 Å². The van der Waals surface area contributed by atoms with E-state index in [2.05, 4.69) is 17.4 Å². The molecule has 1 aliphatic rings. The quantitative estimate of drug-likeness (QED) is 0.872. The van der Waals surface area contributed by atoms with Crippen LogP contribution in [0.2, 0.25) is 0 Å². The van der Waals surface area contributed by atoms with Crippen molar-refractivity contribution in [3.63, 3.8) is 0 Å². The Hall–Kier alpha value is -0.870. The van der Waals surface area contributed by atoms with Gasteiger partial charge in [-0.05, 0) is 44.5 Å². The third kappa shape index (κ3) is 2.00. The van der Waals surface area contributed by atoms with E-state index in [1.807, 2.05) is 27.8 Å². The average Bonchev–Trinajstić information content (AvgIpc) is 2.20. The van der Waals surface area contributed by atoms with Crippen molar-refractivity contribution in [2.24, 2.45) is 0 Å². The number of sulfone groups is 1. The van der Waals surface area contributed by atoms with Crippen molar-refractivity contribution >= 4 is 9.84 Å². The molecule has 1 saturated heterocycles. The molecule has 1 aromatic carbocycles. The van der Waals surface area contributed by atoms with Crippen LogP contribution < -0.4 is 5.32 Å². The second-order valence-corrected chi connectivity index (χ2v) is 7.12. The van der Waals surface area contributed by atoms with E-state index in [9.17, 15) is 8.42 Å². The number of benzene rings is 1. The predicted molar refractivity (Wildman–Crippen MR) is 70.0 cm³/mol. The monoisotopic (exact) mass is 253 g/mol. The maximum Gasteiger partial charge on any atom is 0.160 e. The smallest absolute Gasteiger partial charge is 0.160 e. The first-order valence-electron chi connectivity index (χ1n) is 5.83. The molecule has 17 heavy (non-hydrogen) atoms. The largest absolute Gasteiger partial charge is 0.314 e. The molecule has 94 valence electrons. The van der Waals surface area contributed by atoms with Gasteiger partial charge in [0.25, 0.3) is 0 Å². The minimum atomic E-state index is -2.96. The zero-order valence-electron chi connectivity index (χ0n) is 10.7. The summed E-state index contributed by atoms with van der Waals surface area (Å²) in [4.78, 5) is 0. The molecule has 1 aromatic rings. The summed E-state index contributed by atoms with van der Waals surface area (Å²) in [7, 11) is -1.13. The highest BCUT2D eigenvalue weighted by molar-refractivity contribution is 7.93. The number of nitrogens with one attached hydrogen (secondary N) is 1. The lowest BCUT2D eigenvalue weighted by Gasteiger charge is -2.38. The summed E-state index contributed by atoms with van der Waals surface area (Å²) in [6.45, 7) is 6.03. The van der Waals surface area contributed by atoms with Crippen molar-refractivity contribution in [3.8, 4) is 0 Å². The lowest BCUT2D eigenvalue weighted by molar-refractivity contribution is 0.481. The van der Waals surface area contributed by atoms with Crippen LogP contribution in [0.4, 0.5) is 0 Å². The fourth-order valence-corrected chi connectivity index (χ4v) is 5.00. The van der Waals surface area contributed by atoms with Gasteiger partial charge in [0.2, 0.25) is 0 Å². The van der Waals surface area contributed by atoms with Gasteiger partial charge in [0.15, 0.2) is 9.84 Å². The molecule has 1 heterocycles. The topological polar surface area (TPSA) is 46.2 Å². The Bertz CT molecular complexity index is 526. The second kappa shape index (κ2) is 4.10. The lowest BCUT2D eigenvalue weighted by atomic mass is 9.94. The Morgan fingerprint density at radius 3 is 2.12 bits per heavy atom. The average molecular weight is 253 g/mol. The summed E-state index contributed by atoms with van der Waals surface area (Å²) >= 11 is 0. The summed E-state index contributed by atoms with van der Waals surface area (Å²) in [6.07, 6.45) is 0. The van der Waals surface area contributed by atoms with E-state index in [0.717, 1.165) is 16.7 Å². The Balaban J connectivity index is 2.54. The zero-order chi connectivity index (χ0) is 12.8. The standard InChI is InChI=1S/C13H19NO2S/c1-8-5-9(2)12(10(3)6-8)13-11(14-4)7-17(13,15)16/h5-6,11,13-14H,7H2,1-4H3. The van der Waals surface area contributed by atoms with Gasteiger partial charge < -0.3 is 5.32 Å². The first-order valence-corrected chi connectivity index (χ1v) is 7.55. The van der Waals surface area contributed by atoms with Crippen LogP contribution in [-0.4, -0.2) is 27.3 Å². The summed E-state index contributed by atoms with van der Waals surface area (Å²) in [5.41, 5.74) is 4.33. The molecule has 1 fully saturated rings. The highest BCUT2D eigenvalue weighted by Gasteiger charge is 2.47. The molecule has 4 heteroatoms. The minimum Gasteiger partial charge on any atom is -0.314 e. The van der Waals surface area contributed by atoms with Crippen LogP contribution in [-0.2, 0) is 9.84 Å². The van der Waals surface area contributed by atoms with Gasteiger partial charge in [0, 0.05) is 6.04 Å². The van der Waals surface area contributed by atoms with Gasteiger partial charge in [-0.15, -0.1) is 0 Å². The molecular weight excluding hydrogens is 234 g/mol. The van der Waals surface area contributed by atoms with Crippen molar-refractivity contribution in [1.82, 2.24) is 5.32 Å². The maximum absolute atomic E-state index is 11.9. The second-order valence-electron chi connectivity index (χ2n) is 4.96. The lowest BCUT2D eigenvalue weighted by Crippen LogP contribution is -2.52. The van der Waals surface area contributed by atoms with Gasteiger partial charge in [-0.2, -0.15) is 0 Å². The molecule has 2 atom stereocenters. The van der Waals surface area contributed by atoms with Gasteiger partial charge in [-0.25, -0.2) is 8.42 Å². The Morgan fingerprint density at radius 2 is 1.71 bits per heavy atom. The normalized spacial score (nSPS) is 26.6. The molecule has 0 saturated carbocycles. The Kier molecular flexibility index (Phi) is 3.04. The minimum absolute atomic E-state index is 0.0557. The van der Waals surface area contributed by atoms with Gasteiger partial charge in [-0.1, -0.05) is 17.7 Å². The highest BCUT2D eigenvalue weighted by atomic mass is 32.2. The summed E-state index contributed by atoms with van der Waals surface area (Å²) in [5, 5.41) is 2.73. The summed E-state index contributed by atoms with van der Waals surface area (Å²) in [5.74, 6) is 0.251. The van der Waals surface area contributed by atoms with Crippen LogP contribution in [0, 0.1) is 20.8 Å². The van der Waals surface area contributed by atoms with Crippen LogP contribution in [0.5, 0.6) is 0 Å². The van der Waals surface area contributed by atoms with E-state index in [1.54, 1.807) is 0 Å². The van der Waals surface area contributed by atoms with E-state index in [-0.39, 0.29) is 17.0 Å². The van der Waals surface area contributed by atoms with Gasteiger partial charge >= 0.3 is 0 Å². The van der Waals surface area contributed by atoms with Crippen molar-refractivity contribution in [2.45, 2.75) is 32.1 Å². The molecule has 2 unspecified atom stereocenters. The van der Waals surface area contributed by atoms with E-state index >= 15 is 0 Å². The van der Waals surface area contributed by atoms with Crippen LogP contribution in [0.15, 0.2) is 12.1 Å². The van der Waals surface area contributed by atoms with Crippen molar-refractivity contribution in [1.29, 1.82) is 0 Å². The third-order valence-electron chi connectivity index (χ3n) is 3.56. The molecule has 0 amide bonds. The molecule has 3 nitrogen and oxygen atoms in total. The van der Waals surface area contributed by atoms with Gasteiger partial charge in [0.1, 0.15) is 5.25 Å². The Morgan fingerprint density at radius 1 is 1.18 bits per heavy atom. The van der Waals surface area contributed by atoms with Crippen LogP contribution in [0.3, 0.4) is 0 Å². The van der Waals surface area contributed by atoms with E-state index in [0.29, 0.717) is 0 Å². The molecule has 0 aromatic heterocycles. The van der Waals surface area contributed by atoms with E-state index < -0.39 is 9.84 Å². The van der Waals surface area contributed by atoms with E-state index in [4.69, 9.17) is 0 Å². The molecular formula is C13H19NO2S. The first-order chi connectivity index (χ1) is 7.86. The van der Waals surface area contributed by atoms with Crippen molar-refractivity contribution < 1.29 is 8.42 Å². The van der Waals surface area contributed by atoms with Gasteiger partial charge in [-0.3, -0.25) is 0 Å².